The van der Waals surface area contributed by atoms with Gasteiger partial charge < -0.3 is 5.32 Å². The molecule has 0 atom stereocenters. The minimum atomic E-state index is -0.802. The topological polar surface area (TPSA) is 70.7 Å². The van der Waals surface area contributed by atoms with Crippen molar-refractivity contribution in [2.75, 3.05) is 11.2 Å². The highest BCUT2D eigenvalue weighted by Crippen LogP contribution is 2.19. The second kappa shape index (κ2) is 5.67. The largest absolute Gasteiger partial charge is 0.310 e. The number of rotatable bonds is 3. The van der Waals surface area contributed by atoms with E-state index >= 15 is 0 Å². The summed E-state index contributed by atoms with van der Waals surface area (Å²) in [6.07, 6.45) is 0. The Balaban J connectivity index is 2.51. The number of nitrogens with zero attached hydrogens (tertiary/aromatic N) is 3. The van der Waals surface area contributed by atoms with Gasteiger partial charge in [0.25, 0.3) is 0 Å². The van der Waals surface area contributed by atoms with Gasteiger partial charge in [0.05, 0.1) is 5.69 Å². The Morgan fingerprint density at radius 3 is 2.55 bits per heavy atom. The monoisotopic (exact) mass is 296 g/mol. The highest BCUT2D eigenvalue weighted by atomic mass is 35.5. The number of anilines is 1. The van der Waals surface area contributed by atoms with E-state index in [0.717, 1.165) is 16.8 Å². The lowest BCUT2D eigenvalue weighted by atomic mass is 10.3. The number of hydrogen-bond donors (Lipinski definition) is 1. The smallest absolute Gasteiger partial charge is 0.240 e. The Kier molecular flexibility index (Phi) is 3.96. The molecule has 1 amide bonds. The highest BCUT2D eigenvalue weighted by molar-refractivity contribution is 6.29. The molecule has 20 heavy (non-hydrogen) atoms. The molecule has 0 aliphatic carbocycles. The van der Waals surface area contributed by atoms with Crippen molar-refractivity contribution in [2.24, 2.45) is 0 Å². The maximum absolute atomic E-state index is 13.2. The van der Waals surface area contributed by atoms with E-state index in [1.807, 2.05) is 0 Å². The van der Waals surface area contributed by atoms with Crippen molar-refractivity contribution < 1.29 is 13.6 Å². The van der Waals surface area contributed by atoms with Crippen LogP contribution in [0.1, 0.15) is 5.69 Å². The van der Waals surface area contributed by atoms with Gasteiger partial charge in [-0.3, -0.25) is 4.79 Å². The first kappa shape index (κ1) is 14.0. The molecule has 8 heteroatoms. The van der Waals surface area contributed by atoms with Crippen molar-refractivity contribution in [1.82, 2.24) is 9.78 Å². The van der Waals surface area contributed by atoms with Crippen molar-refractivity contribution in [2.45, 2.75) is 0 Å². The molecular formula is C12H7ClF2N4O. The van der Waals surface area contributed by atoms with Crippen molar-refractivity contribution in [1.29, 1.82) is 5.26 Å². The maximum Gasteiger partial charge on any atom is 0.240 e. The molecule has 5 nitrogen and oxygen atoms in total. The van der Waals surface area contributed by atoms with Gasteiger partial charge in [-0.25, -0.2) is 13.5 Å². The molecule has 0 aliphatic heterocycles. The van der Waals surface area contributed by atoms with E-state index in [9.17, 15) is 13.6 Å². The van der Waals surface area contributed by atoms with Crippen LogP contribution < -0.4 is 5.32 Å². The number of aromatic nitrogens is 2. The fourth-order valence-corrected chi connectivity index (χ4v) is 1.63. The van der Waals surface area contributed by atoms with E-state index < -0.39 is 17.5 Å². The molecule has 0 saturated heterocycles. The molecule has 0 saturated carbocycles. The molecule has 0 radical (unpaired) electrons. The number of carbonyl (C=O) groups excluding carboxylic acids is 1. The molecule has 0 fully saturated rings. The fraction of sp³-hybridized carbons (Fsp3) is 0.0833. The number of nitriles is 1. The maximum atomic E-state index is 13.2. The van der Waals surface area contributed by atoms with E-state index in [2.05, 4.69) is 10.4 Å². The van der Waals surface area contributed by atoms with E-state index in [-0.39, 0.29) is 23.1 Å². The summed E-state index contributed by atoms with van der Waals surface area (Å²) < 4.78 is 27.5. The first-order valence-corrected chi connectivity index (χ1v) is 5.89. The number of halogens is 3. The van der Waals surface area contributed by atoms with Gasteiger partial charge in [-0.05, 0) is 12.1 Å². The van der Waals surface area contributed by atoms with Gasteiger partial charge in [-0.15, -0.1) is 11.6 Å². The van der Waals surface area contributed by atoms with E-state index in [4.69, 9.17) is 16.9 Å². The Morgan fingerprint density at radius 1 is 1.35 bits per heavy atom. The first-order chi connectivity index (χ1) is 9.53. The van der Waals surface area contributed by atoms with Crippen LogP contribution in [0.3, 0.4) is 0 Å². The molecule has 0 bridgehead atoms. The van der Waals surface area contributed by atoms with Crippen LogP contribution in [0.25, 0.3) is 5.69 Å². The second-order valence-electron chi connectivity index (χ2n) is 3.75. The first-order valence-electron chi connectivity index (χ1n) is 5.36. The van der Waals surface area contributed by atoms with Gasteiger partial charge in [-0.2, -0.15) is 10.4 Å². The van der Waals surface area contributed by atoms with Gasteiger partial charge in [-0.1, -0.05) is 0 Å². The van der Waals surface area contributed by atoms with Crippen LogP contribution in [-0.4, -0.2) is 21.6 Å². The quantitative estimate of drug-likeness (QED) is 0.883. The van der Waals surface area contributed by atoms with Crippen LogP contribution in [0.15, 0.2) is 24.3 Å². The van der Waals surface area contributed by atoms with Crippen LogP contribution in [-0.2, 0) is 4.79 Å². The summed E-state index contributed by atoms with van der Waals surface area (Å²) in [7, 11) is 0. The SMILES string of the molecule is N#Cc1cc(NC(=O)CCl)n(-c2cc(F)cc(F)c2)n1. The molecule has 1 N–H and O–H groups in total. The van der Waals surface area contributed by atoms with E-state index in [1.54, 1.807) is 6.07 Å². The van der Waals surface area contributed by atoms with E-state index in [0.29, 0.717) is 6.07 Å². The number of benzene rings is 1. The van der Waals surface area contributed by atoms with Gasteiger partial charge in [0.1, 0.15) is 29.4 Å². The van der Waals surface area contributed by atoms with Crippen molar-refractivity contribution in [3.8, 4) is 11.8 Å². The molecule has 0 unspecified atom stereocenters. The second-order valence-corrected chi connectivity index (χ2v) is 4.02. The Morgan fingerprint density at radius 2 is 2.00 bits per heavy atom. The number of nitrogens with one attached hydrogen (secondary N) is 1. The van der Waals surface area contributed by atoms with Crippen molar-refractivity contribution in [3.05, 3.63) is 41.6 Å². The van der Waals surface area contributed by atoms with Crippen LogP contribution in [0, 0.1) is 23.0 Å². The van der Waals surface area contributed by atoms with E-state index in [1.165, 1.54) is 6.07 Å². The molecular weight excluding hydrogens is 290 g/mol. The summed E-state index contributed by atoms with van der Waals surface area (Å²) in [4.78, 5) is 11.3. The molecule has 1 aromatic heterocycles. The summed E-state index contributed by atoms with van der Waals surface area (Å²) >= 11 is 5.36. The molecule has 1 aromatic carbocycles. The van der Waals surface area contributed by atoms with Crippen molar-refractivity contribution in [3.63, 3.8) is 0 Å². The standard InChI is InChI=1S/C12H7ClF2N4O/c13-5-12(20)17-11-4-9(6-16)18-19(11)10-2-7(14)1-8(15)3-10/h1-4H,5H2,(H,17,20). The minimum Gasteiger partial charge on any atom is -0.310 e. The Labute approximate surface area is 117 Å². The predicted molar refractivity (Wildman–Crippen MR) is 67.5 cm³/mol. The lowest BCUT2D eigenvalue weighted by molar-refractivity contribution is -0.114. The fourth-order valence-electron chi connectivity index (χ4n) is 1.56. The van der Waals surface area contributed by atoms with Gasteiger partial charge >= 0.3 is 0 Å². The third kappa shape index (κ3) is 2.92. The normalized spacial score (nSPS) is 10.1. The van der Waals surface area contributed by atoms with Gasteiger partial charge in [0, 0.05) is 12.1 Å². The Hall–Kier alpha value is -2.46. The molecule has 1 heterocycles. The average Bonchev–Trinajstić information content (AvgIpc) is 2.80. The zero-order valence-corrected chi connectivity index (χ0v) is 10.7. The lowest BCUT2D eigenvalue weighted by Crippen LogP contribution is -2.15. The minimum absolute atomic E-state index is 0.0143. The number of hydrogen-bond acceptors (Lipinski definition) is 3. The summed E-state index contributed by atoms with van der Waals surface area (Å²) in [5.74, 6) is -2.34. The number of carbonyl (C=O) groups is 1. The van der Waals surface area contributed by atoms with Crippen molar-refractivity contribution >= 4 is 23.3 Å². The summed E-state index contributed by atoms with van der Waals surface area (Å²) in [6, 6.07) is 5.79. The van der Waals surface area contributed by atoms with Gasteiger partial charge in [0.15, 0.2) is 5.69 Å². The molecule has 102 valence electrons. The summed E-state index contributed by atoms with van der Waals surface area (Å²) in [5.41, 5.74) is 0.0217. The molecule has 0 spiro atoms. The number of alkyl halides is 1. The Bertz CT molecular complexity index is 688. The molecule has 2 aromatic rings. The van der Waals surface area contributed by atoms with Gasteiger partial charge in [0.2, 0.25) is 5.91 Å². The average molecular weight is 297 g/mol. The van der Waals surface area contributed by atoms with Crippen LogP contribution >= 0.6 is 11.6 Å². The lowest BCUT2D eigenvalue weighted by Gasteiger charge is -2.08. The third-order valence-electron chi connectivity index (χ3n) is 2.30. The summed E-state index contributed by atoms with van der Waals surface area (Å²) in [6.45, 7) is 0. The number of amides is 1. The molecule has 2 rings (SSSR count). The predicted octanol–water partition coefficient (Wildman–Crippen LogP) is 2.20. The summed E-state index contributed by atoms with van der Waals surface area (Å²) in [5, 5.41) is 15.0. The zero-order chi connectivity index (χ0) is 14.7. The zero-order valence-electron chi connectivity index (χ0n) is 9.90. The van der Waals surface area contributed by atoms with Crippen LogP contribution in [0.4, 0.5) is 14.6 Å². The molecule has 0 aliphatic rings. The van der Waals surface area contributed by atoms with Crippen LogP contribution in [0.5, 0.6) is 0 Å². The highest BCUT2D eigenvalue weighted by Gasteiger charge is 2.13. The van der Waals surface area contributed by atoms with Crippen LogP contribution in [0.2, 0.25) is 0 Å². The third-order valence-corrected chi connectivity index (χ3v) is 2.55.